The minimum atomic E-state index is -1.45. The highest BCUT2D eigenvalue weighted by Gasteiger charge is 2.55. The quantitative estimate of drug-likeness (QED) is 0.895. The van der Waals surface area contributed by atoms with E-state index in [1.807, 2.05) is 6.07 Å². The van der Waals surface area contributed by atoms with Gasteiger partial charge in [-0.1, -0.05) is 30.3 Å². The molecule has 1 N–H and O–H groups in total. The number of carbonyl (C=O) groups excluding carboxylic acids is 2. The molecule has 1 spiro atoms. The zero-order chi connectivity index (χ0) is 18.9. The standard InChI is InChI=1S/C20H19FN2O4/c21-15-8-6-14(7-9-15)12-22-18(24)13-23-17-5-2-1-4-16(17)20(19(23)25)26-10-3-11-27-20/h1-2,4-9H,3,10-13H2,(H,22,24). The molecule has 27 heavy (non-hydrogen) atoms. The van der Waals surface area contributed by atoms with Crippen LogP contribution in [-0.2, 0) is 31.4 Å². The molecule has 2 amide bonds. The molecule has 0 aliphatic carbocycles. The number of nitrogens with zero attached hydrogens (tertiary/aromatic N) is 1. The molecule has 2 aliphatic rings. The lowest BCUT2D eigenvalue weighted by atomic mass is 10.1. The number of fused-ring (bicyclic) bond motifs is 2. The van der Waals surface area contributed by atoms with Gasteiger partial charge in [-0.25, -0.2) is 4.39 Å². The van der Waals surface area contributed by atoms with Crippen LogP contribution >= 0.6 is 0 Å². The van der Waals surface area contributed by atoms with Crippen LogP contribution in [0.3, 0.4) is 0 Å². The van der Waals surface area contributed by atoms with E-state index in [1.54, 1.807) is 30.3 Å². The first kappa shape index (κ1) is 17.6. The Labute approximate surface area is 155 Å². The number of anilines is 1. The second kappa shape index (κ2) is 7.09. The van der Waals surface area contributed by atoms with E-state index in [1.165, 1.54) is 17.0 Å². The van der Waals surface area contributed by atoms with E-state index < -0.39 is 5.79 Å². The molecule has 0 saturated carbocycles. The molecule has 0 radical (unpaired) electrons. The monoisotopic (exact) mass is 370 g/mol. The number of hydrogen-bond donors (Lipinski definition) is 1. The summed E-state index contributed by atoms with van der Waals surface area (Å²) in [6.45, 7) is 0.946. The summed E-state index contributed by atoms with van der Waals surface area (Å²) in [5.41, 5.74) is 2.01. The van der Waals surface area contributed by atoms with Crippen molar-refractivity contribution in [2.45, 2.75) is 18.8 Å². The van der Waals surface area contributed by atoms with Crippen molar-refractivity contribution in [3.63, 3.8) is 0 Å². The van der Waals surface area contributed by atoms with Gasteiger partial charge in [0.15, 0.2) is 0 Å². The second-order valence-corrected chi connectivity index (χ2v) is 6.48. The maximum Gasteiger partial charge on any atom is 0.293 e. The Balaban J connectivity index is 1.49. The second-order valence-electron chi connectivity index (χ2n) is 6.48. The average Bonchev–Trinajstić information content (AvgIpc) is 2.91. The van der Waals surface area contributed by atoms with Crippen molar-refractivity contribution in [1.29, 1.82) is 0 Å². The summed E-state index contributed by atoms with van der Waals surface area (Å²) in [7, 11) is 0. The van der Waals surface area contributed by atoms with E-state index >= 15 is 0 Å². The Morgan fingerprint density at radius 2 is 1.81 bits per heavy atom. The van der Waals surface area contributed by atoms with E-state index in [0.717, 1.165) is 12.0 Å². The number of hydrogen-bond acceptors (Lipinski definition) is 4. The van der Waals surface area contributed by atoms with Gasteiger partial charge in [-0.3, -0.25) is 14.5 Å². The smallest absolute Gasteiger partial charge is 0.293 e. The molecule has 1 fully saturated rings. The lowest BCUT2D eigenvalue weighted by molar-refractivity contribution is -0.256. The third-order valence-electron chi connectivity index (χ3n) is 4.68. The highest BCUT2D eigenvalue weighted by molar-refractivity contribution is 6.08. The minimum Gasteiger partial charge on any atom is -0.350 e. The molecular weight excluding hydrogens is 351 g/mol. The van der Waals surface area contributed by atoms with Gasteiger partial charge in [-0.2, -0.15) is 0 Å². The average molecular weight is 370 g/mol. The van der Waals surface area contributed by atoms with E-state index in [2.05, 4.69) is 5.32 Å². The molecule has 4 rings (SSSR count). The predicted octanol–water partition coefficient (Wildman–Crippen LogP) is 2.08. The highest BCUT2D eigenvalue weighted by Crippen LogP contribution is 2.44. The predicted molar refractivity (Wildman–Crippen MR) is 95.2 cm³/mol. The van der Waals surface area contributed by atoms with Gasteiger partial charge in [0.05, 0.1) is 18.9 Å². The molecule has 1 saturated heterocycles. The van der Waals surface area contributed by atoms with Crippen molar-refractivity contribution in [2.24, 2.45) is 0 Å². The van der Waals surface area contributed by atoms with Gasteiger partial charge in [0.25, 0.3) is 11.7 Å². The fraction of sp³-hybridized carbons (Fsp3) is 0.300. The molecule has 2 aliphatic heterocycles. The number of halogens is 1. The fourth-order valence-corrected chi connectivity index (χ4v) is 3.36. The zero-order valence-electron chi connectivity index (χ0n) is 14.6. The lowest BCUT2D eigenvalue weighted by Crippen LogP contribution is -2.49. The van der Waals surface area contributed by atoms with Crippen LogP contribution < -0.4 is 10.2 Å². The molecule has 0 unspecified atom stereocenters. The first-order chi connectivity index (χ1) is 13.1. The summed E-state index contributed by atoms with van der Waals surface area (Å²) < 4.78 is 24.4. The topological polar surface area (TPSA) is 67.9 Å². The van der Waals surface area contributed by atoms with Crippen LogP contribution in [0.2, 0.25) is 0 Å². The largest absolute Gasteiger partial charge is 0.350 e. The number of para-hydroxylation sites is 1. The van der Waals surface area contributed by atoms with Gasteiger partial charge in [0.2, 0.25) is 5.91 Å². The van der Waals surface area contributed by atoms with Crippen molar-refractivity contribution >= 4 is 17.5 Å². The maximum absolute atomic E-state index is 13.0. The van der Waals surface area contributed by atoms with Crippen LogP contribution in [0.4, 0.5) is 10.1 Å². The molecule has 2 aromatic rings. The molecule has 6 nitrogen and oxygen atoms in total. The summed E-state index contributed by atoms with van der Waals surface area (Å²) in [5.74, 6) is -2.50. The highest BCUT2D eigenvalue weighted by atomic mass is 19.1. The molecule has 140 valence electrons. The van der Waals surface area contributed by atoms with Crippen LogP contribution in [0.5, 0.6) is 0 Å². The molecular formula is C20H19FN2O4. The van der Waals surface area contributed by atoms with Gasteiger partial charge >= 0.3 is 0 Å². The van der Waals surface area contributed by atoms with E-state index in [0.29, 0.717) is 24.5 Å². The number of rotatable bonds is 4. The van der Waals surface area contributed by atoms with Crippen LogP contribution in [0, 0.1) is 5.82 Å². The Morgan fingerprint density at radius 1 is 1.11 bits per heavy atom. The molecule has 0 bridgehead atoms. The maximum atomic E-state index is 13.0. The number of benzene rings is 2. The van der Waals surface area contributed by atoms with Crippen LogP contribution in [-0.4, -0.2) is 31.6 Å². The summed E-state index contributed by atoms with van der Waals surface area (Å²) in [4.78, 5) is 26.8. The first-order valence-corrected chi connectivity index (χ1v) is 8.81. The van der Waals surface area contributed by atoms with E-state index in [-0.39, 0.29) is 30.7 Å². The van der Waals surface area contributed by atoms with Gasteiger partial charge in [0, 0.05) is 12.1 Å². The Morgan fingerprint density at radius 3 is 2.56 bits per heavy atom. The molecule has 2 aromatic carbocycles. The number of carbonyl (C=O) groups is 2. The van der Waals surface area contributed by atoms with Crippen LogP contribution in [0.15, 0.2) is 48.5 Å². The van der Waals surface area contributed by atoms with Crippen molar-refractivity contribution in [3.8, 4) is 0 Å². The lowest BCUT2D eigenvalue weighted by Gasteiger charge is -2.32. The van der Waals surface area contributed by atoms with Crippen molar-refractivity contribution < 1.29 is 23.5 Å². The summed E-state index contributed by atoms with van der Waals surface area (Å²) in [5, 5.41) is 2.75. The van der Waals surface area contributed by atoms with Crippen molar-refractivity contribution in [3.05, 3.63) is 65.5 Å². The van der Waals surface area contributed by atoms with E-state index in [4.69, 9.17) is 9.47 Å². The molecule has 7 heteroatoms. The SMILES string of the molecule is O=C(CN1C(=O)C2(OCCCO2)c2ccccc21)NCc1ccc(F)cc1. The van der Waals surface area contributed by atoms with Crippen LogP contribution in [0.1, 0.15) is 17.5 Å². The zero-order valence-corrected chi connectivity index (χ0v) is 14.6. The Bertz CT molecular complexity index is 863. The molecule has 0 atom stereocenters. The minimum absolute atomic E-state index is 0.147. The van der Waals surface area contributed by atoms with Crippen molar-refractivity contribution in [2.75, 3.05) is 24.7 Å². The third kappa shape index (κ3) is 3.20. The van der Waals surface area contributed by atoms with Crippen molar-refractivity contribution in [1.82, 2.24) is 5.32 Å². The third-order valence-corrected chi connectivity index (χ3v) is 4.68. The summed E-state index contributed by atoms with van der Waals surface area (Å²) in [6, 6.07) is 13.1. The molecule has 2 heterocycles. The Hall–Kier alpha value is -2.77. The number of ether oxygens (including phenoxy) is 2. The Kier molecular flexibility index (Phi) is 4.63. The fourth-order valence-electron chi connectivity index (χ4n) is 3.36. The molecule has 0 aromatic heterocycles. The number of amides is 2. The van der Waals surface area contributed by atoms with Gasteiger partial charge in [-0.05, 0) is 30.2 Å². The summed E-state index contributed by atoms with van der Waals surface area (Å²) in [6.07, 6.45) is 0.718. The number of nitrogens with one attached hydrogen (secondary N) is 1. The van der Waals surface area contributed by atoms with Crippen LogP contribution in [0.25, 0.3) is 0 Å². The van der Waals surface area contributed by atoms with Gasteiger partial charge < -0.3 is 14.8 Å². The normalized spacial score (nSPS) is 17.8. The van der Waals surface area contributed by atoms with E-state index in [9.17, 15) is 14.0 Å². The first-order valence-electron chi connectivity index (χ1n) is 8.81. The van der Waals surface area contributed by atoms with Gasteiger partial charge in [-0.15, -0.1) is 0 Å². The summed E-state index contributed by atoms with van der Waals surface area (Å²) >= 11 is 0. The van der Waals surface area contributed by atoms with Gasteiger partial charge in [0.1, 0.15) is 12.4 Å².